The number of amides is 1. The van der Waals surface area contributed by atoms with E-state index in [0.717, 1.165) is 22.6 Å². The summed E-state index contributed by atoms with van der Waals surface area (Å²) in [5, 5.41) is 10.7. The highest BCUT2D eigenvalue weighted by Crippen LogP contribution is 2.36. The van der Waals surface area contributed by atoms with Crippen molar-refractivity contribution in [1.29, 1.82) is 0 Å². The molecule has 2 N–H and O–H groups in total. The number of hydrogen-bond acceptors (Lipinski definition) is 4. The Kier molecular flexibility index (Phi) is 5.59. The van der Waals surface area contributed by atoms with Crippen LogP contribution in [0.5, 0.6) is 5.75 Å². The minimum absolute atomic E-state index is 0.305. The first-order valence-corrected chi connectivity index (χ1v) is 10.9. The van der Waals surface area contributed by atoms with Gasteiger partial charge in [-0.05, 0) is 61.0 Å². The van der Waals surface area contributed by atoms with Gasteiger partial charge in [0.05, 0.1) is 13.3 Å². The molecule has 1 aliphatic rings. The number of halogens is 1. The zero-order chi connectivity index (χ0) is 23.7. The van der Waals surface area contributed by atoms with E-state index in [0.29, 0.717) is 22.6 Å². The van der Waals surface area contributed by atoms with Crippen molar-refractivity contribution in [3.8, 4) is 5.75 Å². The van der Waals surface area contributed by atoms with Crippen LogP contribution >= 0.6 is 0 Å². The third-order valence-electron chi connectivity index (χ3n) is 5.82. The standard InChI is InChI=1S/C27H23FN4O2/c1-17-7-11-19(12-8-17)30-27(33)22-16-29-32-25(21-5-3-4-6-23(21)28)15-24(31-26(22)32)18-9-13-20(34-2)14-10-18/h3-16,25,31H,1-2H3,(H,30,33). The number of fused-ring (bicyclic) bond motifs is 1. The van der Waals surface area contributed by atoms with E-state index in [1.54, 1.807) is 30.0 Å². The smallest absolute Gasteiger partial charge is 0.261 e. The number of carbonyl (C=O) groups excluding carboxylic acids is 1. The Balaban J connectivity index is 1.55. The van der Waals surface area contributed by atoms with Gasteiger partial charge in [-0.1, -0.05) is 35.9 Å². The molecule has 1 unspecified atom stereocenters. The van der Waals surface area contributed by atoms with Gasteiger partial charge in [0.1, 0.15) is 29.0 Å². The van der Waals surface area contributed by atoms with E-state index in [4.69, 9.17) is 4.74 Å². The van der Waals surface area contributed by atoms with E-state index >= 15 is 0 Å². The van der Waals surface area contributed by atoms with E-state index in [-0.39, 0.29) is 11.7 Å². The Morgan fingerprint density at radius 1 is 1.06 bits per heavy atom. The van der Waals surface area contributed by atoms with Gasteiger partial charge in [-0.2, -0.15) is 5.10 Å². The van der Waals surface area contributed by atoms with Gasteiger partial charge >= 0.3 is 0 Å². The van der Waals surface area contributed by atoms with Gasteiger partial charge in [-0.25, -0.2) is 9.07 Å². The van der Waals surface area contributed by atoms with Gasteiger partial charge in [-0.3, -0.25) is 4.79 Å². The number of methoxy groups -OCH3 is 1. The molecule has 4 aromatic rings. The van der Waals surface area contributed by atoms with Crippen molar-refractivity contribution in [3.63, 3.8) is 0 Å². The van der Waals surface area contributed by atoms with E-state index in [2.05, 4.69) is 15.7 Å². The number of benzene rings is 3. The molecule has 1 aliphatic heterocycles. The molecule has 0 fully saturated rings. The van der Waals surface area contributed by atoms with Crippen LogP contribution < -0.4 is 15.4 Å². The van der Waals surface area contributed by atoms with Crippen LogP contribution in [0.1, 0.15) is 33.1 Å². The Morgan fingerprint density at radius 2 is 1.79 bits per heavy atom. The molecule has 0 radical (unpaired) electrons. The van der Waals surface area contributed by atoms with E-state index < -0.39 is 6.04 Å². The van der Waals surface area contributed by atoms with Crippen LogP contribution in [-0.4, -0.2) is 22.8 Å². The van der Waals surface area contributed by atoms with E-state index in [1.807, 2.05) is 61.5 Å². The predicted molar refractivity (Wildman–Crippen MR) is 130 cm³/mol. The van der Waals surface area contributed by atoms with Crippen molar-refractivity contribution in [2.45, 2.75) is 13.0 Å². The first-order chi connectivity index (χ1) is 16.5. The number of aromatic nitrogens is 2. The van der Waals surface area contributed by atoms with Crippen molar-refractivity contribution in [2.24, 2.45) is 0 Å². The summed E-state index contributed by atoms with van der Waals surface area (Å²) >= 11 is 0. The first kappa shape index (κ1) is 21.5. The molecule has 0 aliphatic carbocycles. The number of rotatable bonds is 5. The maximum atomic E-state index is 14.8. The van der Waals surface area contributed by atoms with Crippen molar-refractivity contribution in [1.82, 2.24) is 9.78 Å². The summed E-state index contributed by atoms with van der Waals surface area (Å²) in [4.78, 5) is 13.2. The minimum Gasteiger partial charge on any atom is -0.497 e. The fourth-order valence-corrected chi connectivity index (χ4v) is 3.97. The van der Waals surface area contributed by atoms with Crippen molar-refractivity contribution in [2.75, 3.05) is 17.7 Å². The zero-order valence-corrected chi connectivity index (χ0v) is 18.7. The normalized spacial score (nSPS) is 14.6. The van der Waals surface area contributed by atoms with Crippen LogP contribution in [0.2, 0.25) is 0 Å². The van der Waals surface area contributed by atoms with Gasteiger partial charge in [0, 0.05) is 16.9 Å². The Labute approximate surface area is 196 Å². The average molecular weight is 455 g/mol. The van der Waals surface area contributed by atoms with Gasteiger partial charge in [-0.15, -0.1) is 0 Å². The monoisotopic (exact) mass is 454 g/mol. The number of carbonyl (C=O) groups is 1. The highest BCUT2D eigenvalue weighted by molar-refractivity contribution is 6.08. The lowest BCUT2D eigenvalue weighted by Gasteiger charge is -2.26. The topological polar surface area (TPSA) is 68.2 Å². The molecular formula is C27H23FN4O2. The molecule has 2 heterocycles. The zero-order valence-electron chi connectivity index (χ0n) is 18.7. The van der Waals surface area contributed by atoms with Crippen LogP contribution in [0.15, 0.2) is 85.1 Å². The second-order valence-corrected chi connectivity index (χ2v) is 8.07. The Hall–Kier alpha value is -4.39. The van der Waals surface area contributed by atoms with Gasteiger partial charge in [0.15, 0.2) is 0 Å². The molecule has 6 nitrogen and oxygen atoms in total. The lowest BCUT2D eigenvalue weighted by Crippen LogP contribution is -2.22. The van der Waals surface area contributed by atoms with Crippen LogP contribution in [0.3, 0.4) is 0 Å². The number of anilines is 2. The number of nitrogens with one attached hydrogen (secondary N) is 2. The number of nitrogens with zero attached hydrogens (tertiary/aromatic N) is 2. The molecule has 5 rings (SSSR count). The van der Waals surface area contributed by atoms with Gasteiger partial charge < -0.3 is 15.4 Å². The van der Waals surface area contributed by atoms with Crippen LogP contribution in [0.25, 0.3) is 5.70 Å². The fraction of sp³-hybridized carbons (Fsp3) is 0.111. The van der Waals surface area contributed by atoms with Crippen LogP contribution in [-0.2, 0) is 0 Å². The van der Waals surface area contributed by atoms with Crippen molar-refractivity contribution < 1.29 is 13.9 Å². The first-order valence-electron chi connectivity index (χ1n) is 10.9. The summed E-state index contributed by atoms with van der Waals surface area (Å²) < 4.78 is 21.7. The largest absolute Gasteiger partial charge is 0.497 e. The molecule has 0 bridgehead atoms. The van der Waals surface area contributed by atoms with Crippen LogP contribution in [0.4, 0.5) is 15.9 Å². The third-order valence-corrected chi connectivity index (χ3v) is 5.82. The van der Waals surface area contributed by atoms with E-state index in [1.165, 1.54) is 12.3 Å². The molecule has 7 heteroatoms. The maximum Gasteiger partial charge on any atom is 0.261 e. The quantitative estimate of drug-likeness (QED) is 0.409. The van der Waals surface area contributed by atoms with Gasteiger partial charge in [0.25, 0.3) is 5.91 Å². The summed E-state index contributed by atoms with van der Waals surface area (Å²) in [7, 11) is 1.61. The molecule has 3 aromatic carbocycles. The summed E-state index contributed by atoms with van der Waals surface area (Å²) in [5.41, 5.74) is 4.23. The molecule has 0 spiro atoms. The number of aryl methyl sites for hydroxylation is 1. The number of hydrogen-bond donors (Lipinski definition) is 2. The van der Waals surface area contributed by atoms with Gasteiger partial charge in [0.2, 0.25) is 0 Å². The minimum atomic E-state index is -0.532. The Bertz CT molecular complexity index is 1370. The fourth-order valence-electron chi connectivity index (χ4n) is 3.97. The summed E-state index contributed by atoms with van der Waals surface area (Å²) in [5.74, 6) is 0.577. The summed E-state index contributed by atoms with van der Waals surface area (Å²) in [6.45, 7) is 1.99. The van der Waals surface area contributed by atoms with Crippen molar-refractivity contribution in [3.05, 3.63) is 113 Å². The third kappa shape index (κ3) is 4.03. The Morgan fingerprint density at radius 3 is 2.50 bits per heavy atom. The lowest BCUT2D eigenvalue weighted by atomic mass is 10.0. The lowest BCUT2D eigenvalue weighted by molar-refractivity contribution is 0.102. The predicted octanol–water partition coefficient (Wildman–Crippen LogP) is 5.65. The molecule has 1 aromatic heterocycles. The van der Waals surface area contributed by atoms with Crippen molar-refractivity contribution >= 4 is 23.1 Å². The number of allylic oxidation sites excluding steroid dienone is 1. The molecule has 34 heavy (non-hydrogen) atoms. The SMILES string of the molecule is COc1ccc(C2=CC(c3ccccc3F)n3ncc(C(=O)Nc4ccc(C)cc4)c3N2)cc1. The molecule has 0 saturated carbocycles. The molecule has 0 saturated heterocycles. The molecule has 170 valence electrons. The second-order valence-electron chi connectivity index (χ2n) is 8.07. The highest BCUT2D eigenvalue weighted by Gasteiger charge is 2.29. The maximum absolute atomic E-state index is 14.8. The summed E-state index contributed by atoms with van der Waals surface area (Å²) in [6, 6.07) is 21.1. The molecular weight excluding hydrogens is 431 g/mol. The molecule has 1 atom stereocenters. The second kappa shape index (κ2) is 8.86. The molecule has 1 amide bonds. The summed E-state index contributed by atoms with van der Waals surface area (Å²) in [6.07, 6.45) is 3.41. The van der Waals surface area contributed by atoms with Crippen LogP contribution in [0, 0.1) is 12.7 Å². The van der Waals surface area contributed by atoms with E-state index in [9.17, 15) is 9.18 Å². The highest BCUT2D eigenvalue weighted by atomic mass is 19.1. The number of ether oxygens (including phenoxy) is 1. The average Bonchev–Trinajstić information content (AvgIpc) is 3.30.